The number of nitro benzene ring substituents is 1. The fourth-order valence-corrected chi connectivity index (χ4v) is 4.63. The van der Waals surface area contributed by atoms with Crippen LogP contribution in [0.25, 0.3) is 10.2 Å². The van der Waals surface area contributed by atoms with Crippen molar-refractivity contribution in [1.82, 2.24) is 4.57 Å². The molecule has 0 fully saturated rings. The molecule has 3 rings (SSSR count). The minimum atomic E-state index is -4.02. The number of carbonyl (C=O) groups is 1. The molecule has 140 valence electrons. The third-order valence-corrected chi connectivity index (χ3v) is 6.07. The van der Waals surface area contributed by atoms with Crippen molar-refractivity contribution >= 4 is 43.2 Å². The highest BCUT2D eigenvalue weighted by molar-refractivity contribution is 7.90. The Hall–Kier alpha value is -3.05. The van der Waals surface area contributed by atoms with Gasteiger partial charge in [-0.05, 0) is 18.2 Å². The Morgan fingerprint density at radius 3 is 2.59 bits per heavy atom. The number of fused-ring (bicyclic) bond motifs is 1. The van der Waals surface area contributed by atoms with E-state index >= 15 is 0 Å². The Morgan fingerprint density at radius 2 is 1.96 bits per heavy atom. The number of carbonyl (C=O) groups excluding carboxylic acids is 1. The van der Waals surface area contributed by atoms with E-state index in [-0.39, 0.29) is 21.9 Å². The number of benzene rings is 2. The van der Waals surface area contributed by atoms with Crippen molar-refractivity contribution in [2.24, 2.45) is 4.40 Å². The van der Waals surface area contributed by atoms with Gasteiger partial charge >= 0.3 is 5.97 Å². The zero-order chi connectivity index (χ0) is 19.6. The van der Waals surface area contributed by atoms with Crippen molar-refractivity contribution in [2.45, 2.75) is 11.4 Å². The highest BCUT2D eigenvalue weighted by Crippen LogP contribution is 2.24. The van der Waals surface area contributed by atoms with Crippen LogP contribution in [0.5, 0.6) is 0 Å². The van der Waals surface area contributed by atoms with E-state index in [0.29, 0.717) is 10.2 Å². The molecule has 0 aliphatic carbocycles. The van der Waals surface area contributed by atoms with Crippen molar-refractivity contribution in [3.8, 4) is 0 Å². The summed E-state index contributed by atoms with van der Waals surface area (Å²) < 4.78 is 35.4. The number of nitro groups is 1. The van der Waals surface area contributed by atoms with E-state index in [1.54, 1.807) is 18.2 Å². The molecule has 0 N–H and O–H groups in total. The molecule has 0 unspecified atom stereocenters. The second-order valence-corrected chi connectivity index (χ2v) is 7.95. The van der Waals surface area contributed by atoms with Crippen LogP contribution in [0.3, 0.4) is 0 Å². The number of hydrogen-bond acceptors (Lipinski definition) is 7. The molecule has 0 atom stereocenters. The largest absolute Gasteiger partial charge is 0.468 e. The van der Waals surface area contributed by atoms with Crippen molar-refractivity contribution in [3.63, 3.8) is 0 Å². The smallest absolute Gasteiger partial charge is 0.325 e. The summed E-state index contributed by atoms with van der Waals surface area (Å²) >= 11 is 0.934. The Kier molecular flexibility index (Phi) is 5.06. The van der Waals surface area contributed by atoms with Gasteiger partial charge < -0.3 is 9.30 Å². The second kappa shape index (κ2) is 7.29. The van der Waals surface area contributed by atoms with Crippen molar-refractivity contribution in [1.29, 1.82) is 0 Å². The number of methoxy groups -OCH3 is 1. The molecule has 0 spiro atoms. The van der Waals surface area contributed by atoms with Gasteiger partial charge in [-0.3, -0.25) is 14.9 Å². The van der Waals surface area contributed by atoms with Gasteiger partial charge in [0.05, 0.1) is 27.1 Å². The Labute approximate surface area is 157 Å². The van der Waals surface area contributed by atoms with Gasteiger partial charge in [-0.25, -0.2) is 0 Å². The molecule has 1 heterocycles. The van der Waals surface area contributed by atoms with Gasteiger partial charge in [0.2, 0.25) is 4.80 Å². The SMILES string of the molecule is COC(=O)Cn1c(=NS(=O)(=O)c2ccccc2)sc2cc([N+](=O)[O-])ccc21. The highest BCUT2D eigenvalue weighted by atomic mass is 32.2. The molecule has 0 saturated carbocycles. The molecular formula is C16H13N3O6S2. The first-order valence-corrected chi connectivity index (χ1v) is 9.78. The van der Waals surface area contributed by atoms with Gasteiger partial charge in [0.15, 0.2) is 0 Å². The fraction of sp³-hybridized carbons (Fsp3) is 0.125. The lowest BCUT2D eigenvalue weighted by molar-refractivity contribution is -0.384. The standard InChI is InChI=1S/C16H13N3O6S2/c1-25-15(20)10-18-13-8-7-11(19(21)22)9-14(13)26-16(18)17-27(23,24)12-5-3-2-4-6-12/h2-9H,10H2,1H3. The first-order chi connectivity index (χ1) is 12.8. The summed E-state index contributed by atoms with van der Waals surface area (Å²) in [7, 11) is -2.82. The molecule has 1 aromatic heterocycles. The second-order valence-electron chi connectivity index (χ2n) is 5.34. The summed E-state index contributed by atoms with van der Waals surface area (Å²) in [6, 6.07) is 11.7. The van der Waals surface area contributed by atoms with E-state index in [9.17, 15) is 23.3 Å². The van der Waals surface area contributed by atoms with Crippen LogP contribution in [0.15, 0.2) is 57.8 Å². The minimum Gasteiger partial charge on any atom is -0.468 e. The van der Waals surface area contributed by atoms with Crippen LogP contribution in [0.2, 0.25) is 0 Å². The molecule has 0 saturated heterocycles. The highest BCUT2D eigenvalue weighted by Gasteiger charge is 2.17. The molecule has 27 heavy (non-hydrogen) atoms. The van der Waals surface area contributed by atoms with Crippen LogP contribution < -0.4 is 4.80 Å². The zero-order valence-electron chi connectivity index (χ0n) is 13.9. The maximum absolute atomic E-state index is 12.6. The van der Waals surface area contributed by atoms with Gasteiger partial charge in [-0.1, -0.05) is 29.5 Å². The Bertz CT molecular complexity index is 1200. The van der Waals surface area contributed by atoms with Crippen LogP contribution in [-0.2, 0) is 26.1 Å². The average molecular weight is 407 g/mol. The zero-order valence-corrected chi connectivity index (χ0v) is 15.6. The van der Waals surface area contributed by atoms with Gasteiger partial charge in [0.1, 0.15) is 6.54 Å². The van der Waals surface area contributed by atoms with E-state index in [4.69, 9.17) is 0 Å². The lowest BCUT2D eigenvalue weighted by Gasteiger charge is -2.04. The molecular weight excluding hydrogens is 394 g/mol. The van der Waals surface area contributed by atoms with Crippen molar-refractivity contribution in [2.75, 3.05) is 7.11 Å². The van der Waals surface area contributed by atoms with Crippen LogP contribution >= 0.6 is 11.3 Å². The maximum Gasteiger partial charge on any atom is 0.325 e. The molecule has 0 amide bonds. The molecule has 11 heteroatoms. The molecule has 0 bridgehead atoms. The van der Waals surface area contributed by atoms with Crippen LogP contribution in [-0.4, -0.2) is 31.0 Å². The first kappa shape index (κ1) is 18.7. The quantitative estimate of drug-likeness (QED) is 0.363. The number of nitrogens with zero attached hydrogens (tertiary/aromatic N) is 3. The molecule has 9 nitrogen and oxygen atoms in total. The van der Waals surface area contributed by atoms with Crippen molar-refractivity contribution < 1.29 is 22.9 Å². The monoisotopic (exact) mass is 407 g/mol. The molecule has 2 aromatic carbocycles. The number of sulfonamides is 1. The van der Waals surface area contributed by atoms with Crippen LogP contribution in [0, 0.1) is 10.1 Å². The summed E-state index contributed by atoms with van der Waals surface area (Å²) in [5.41, 5.74) is 0.296. The Morgan fingerprint density at radius 1 is 1.26 bits per heavy atom. The number of thiazole rings is 1. The van der Waals surface area contributed by atoms with E-state index in [2.05, 4.69) is 9.13 Å². The molecule has 0 radical (unpaired) electrons. The number of ether oxygens (including phenoxy) is 1. The van der Waals surface area contributed by atoms with E-state index in [1.165, 1.54) is 42.0 Å². The number of rotatable bonds is 5. The van der Waals surface area contributed by atoms with Gasteiger partial charge in [0.25, 0.3) is 15.7 Å². The minimum absolute atomic E-state index is 0.00180. The topological polar surface area (TPSA) is 121 Å². The van der Waals surface area contributed by atoms with Crippen molar-refractivity contribution in [3.05, 3.63) is 63.4 Å². The number of esters is 1. The average Bonchev–Trinajstić information content (AvgIpc) is 2.98. The lowest BCUT2D eigenvalue weighted by atomic mass is 10.3. The number of non-ortho nitro benzene ring substituents is 1. The van der Waals surface area contributed by atoms with Crippen LogP contribution in [0.4, 0.5) is 5.69 Å². The van der Waals surface area contributed by atoms with Gasteiger partial charge in [0, 0.05) is 12.1 Å². The fourth-order valence-electron chi connectivity index (χ4n) is 2.34. The first-order valence-electron chi connectivity index (χ1n) is 7.52. The summed E-state index contributed by atoms with van der Waals surface area (Å²) in [5.74, 6) is -0.605. The van der Waals surface area contributed by atoms with Gasteiger partial charge in [-0.2, -0.15) is 8.42 Å². The summed E-state index contributed by atoms with van der Waals surface area (Å²) in [6.07, 6.45) is 0. The predicted molar refractivity (Wildman–Crippen MR) is 97.7 cm³/mol. The van der Waals surface area contributed by atoms with E-state index in [1.807, 2.05) is 0 Å². The summed E-state index contributed by atoms with van der Waals surface area (Å²) in [5, 5.41) is 11.0. The lowest BCUT2D eigenvalue weighted by Crippen LogP contribution is -2.22. The van der Waals surface area contributed by atoms with Crippen LogP contribution in [0.1, 0.15) is 0 Å². The predicted octanol–water partition coefficient (Wildman–Crippen LogP) is 2.07. The number of hydrogen-bond donors (Lipinski definition) is 0. The van der Waals surface area contributed by atoms with E-state index in [0.717, 1.165) is 11.3 Å². The molecule has 0 aliphatic heterocycles. The Balaban J connectivity index is 2.25. The summed E-state index contributed by atoms with van der Waals surface area (Å²) in [4.78, 5) is 22.2. The van der Waals surface area contributed by atoms with E-state index < -0.39 is 20.9 Å². The third-order valence-electron chi connectivity index (χ3n) is 3.63. The molecule has 0 aliphatic rings. The van der Waals surface area contributed by atoms with Gasteiger partial charge in [-0.15, -0.1) is 4.40 Å². The third kappa shape index (κ3) is 3.88. The normalized spacial score (nSPS) is 12.3. The summed E-state index contributed by atoms with van der Waals surface area (Å²) in [6.45, 7) is -0.280. The molecule has 3 aromatic rings. The number of aromatic nitrogens is 1. The maximum atomic E-state index is 12.6.